The molecule has 2 rings (SSSR count). The fourth-order valence-corrected chi connectivity index (χ4v) is 2.15. The van der Waals surface area contributed by atoms with Crippen molar-refractivity contribution in [3.8, 4) is 5.75 Å². The van der Waals surface area contributed by atoms with Crippen LogP contribution in [0.4, 0.5) is 13.2 Å². The number of methoxy groups -OCH3 is 1. The van der Waals surface area contributed by atoms with Gasteiger partial charge in [-0.2, -0.15) is 13.2 Å². The van der Waals surface area contributed by atoms with Crippen molar-refractivity contribution >= 4 is 17.3 Å². The zero-order valence-electron chi connectivity index (χ0n) is 8.94. The predicted molar refractivity (Wildman–Crippen MR) is 59.2 cm³/mol. The Balaban J connectivity index is 2.65. The molecule has 0 bridgehead atoms. The predicted octanol–water partition coefficient (Wildman–Crippen LogP) is 3.26. The number of ether oxygens (including phenoxy) is 1. The van der Waals surface area contributed by atoms with Gasteiger partial charge < -0.3 is 4.74 Å². The first kappa shape index (κ1) is 12.2. The maximum atomic E-state index is 12.8. The Morgan fingerprint density at radius 1 is 1.35 bits per heavy atom. The summed E-state index contributed by atoms with van der Waals surface area (Å²) in [5, 5.41) is 0.0524. The molecule has 1 aromatic carbocycles. The molecule has 1 heterocycles. The number of fused-ring (bicyclic) bond motifs is 1. The molecule has 2 nitrogen and oxygen atoms in total. The quantitative estimate of drug-likeness (QED) is 0.762. The van der Waals surface area contributed by atoms with Crippen molar-refractivity contribution < 1.29 is 17.9 Å². The maximum Gasteiger partial charge on any atom is 0.433 e. The molecule has 0 saturated carbocycles. The summed E-state index contributed by atoms with van der Waals surface area (Å²) in [6.45, 7) is 0.0958. The fourth-order valence-electron chi connectivity index (χ4n) is 1.89. The summed E-state index contributed by atoms with van der Waals surface area (Å²) in [4.78, 5) is 3.53. The van der Waals surface area contributed by atoms with Crippen LogP contribution in [-0.4, -0.2) is 25.5 Å². The number of rotatable bonds is 1. The number of hydrogen-bond donors (Lipinski definition) is 0. The minimum Gasteiger partial charge on any atom is -0.496 e. The zero-order valence-corrected chi connectivity index (χ0v) is 9.69. The number of aliphatic imine (C=N–C) groups is 1. The van der Waals surface area contributed by atoms with Crippen LogP contribution < -0.4 is 4.74 Å². The van der Waals surface area contributed by atoms with E-state index in [1.54, 1.807) is 6.07 Å². The van der Waals surface area contributed by atoms with Gasteiger partial charge in [-0.15, -0.1) is 0 Å². The topological polar surface area (TPSA) is 21.6 Å². The lowest BCUT2D eigenvalue weighted by Crippen LogP contribution is -2.29. The van der Waals surface area contributed by atoms with Crippen molar-refractivity contribution in [3.05, 3.63) is 28.3 Å². The lowest BCUT2D eigenvalue weighted by atomic mass is 9.96. The van der Waals surface area contributed by atoms with Crippen LogP contribution in [0.15, 0.2) is 17.1 Å². The molecule has 0 aliphatic carbocycles. The van der Waals surface area contributed by atoms with E-state index in [2.05, 4.69) is 4.99 Å². The number of hydrogen-bond acceptors (Lipinski definition) is 2. The zero-order chi connectivity index (χ0) is 12.6. The molecule has 17 heavy (non-hydrogen) atoms. The van der Waals surface area contributed by atoms with E-state index < -0.39 is 11.9 Å². The van der Waals surface area contributed by atoms with E-state index in [4.69, 9.17) is 16.3 Å². The number of benzene rings is 1. The monoisotopic (exact) mass is 263 g/mol. The molecule has 0 atom stereocenters. The molecule has 6 heteroatoms. The highest BCUT2D eigenvalue weighted by atomic mass is 35.5. The Bertz CT molecular complexity index is 482. The second-order valence-electron chi connectivity index (χ2n) is 3.58. The largest absolute Gasteiger partial charge is 0.496 e. The number of alkyl halides is 3. The maximum absolute atomic E-state index is 12.8. The van der Waals surface area contributed by atoms with Gasteiger partial charge in [-0.3, -0.25) is 4.99 Å². The molecule has 0 amide bonds. The van der Waals surface area contributed by atoms with Crippen molar-refractivity contribution in [1.29, 1.82) is 0 Å². The summed E-state index contributed by atoms with van der Waals surface area (Å²) < 4.78 is 43.5. The molecule has 0 radical (unpaired) electrons. The molecule has 0 unspecified atom stereocenters. The molecular weight excluding hydrogens is 255 g/mol. The van der Waals surface area contributed by atoms with Crippen LogP contribution in [0.2, 0.25) is 5.02 Å². The average molecular weight is 264 g/mol. The summed E-state index contributed by atoms with van der Waals surface area (Å²) in [5.74, 6) is 0.418. The average Bonchev–Trinajstić information content (AvgIpc) is 2.28. The molecule has 0 N–H and O–H groups in total. The molecule has 0 saturated heterocycles. The highest BCUT2D eigenvalue weighted by Gasteiger charge is 2.40. The SMILES string of the molecule is COc1ccc(Cl)c2c1CCN=C2C(F)(F)F. The van der Waals surface area contributed by atoms with Gasteiger partial charge in [0.05, 0.1) is 12.1 Å². The summed E-state index contributed by atoms with van der Waals surface area (Å²) >= 11 is 5.84. The first-order chi connectivity index (χ1) is 7.95. The molecular formula is C11H9ClF3NO. The van der Waals surface area contributed by atoms with Crippen LogP contribution in [0.25, 0.3) is 0 Å². The Kier molecular flexibility index (Phi) is 3.03. The van der Waals surface area contributed by atoms with Crippen LogP contribution >= 0.6 is 11.6 Å². The van der Waals surface area contributed by atoms with Crippen molar-refractivity contribution in [2.45, 2.75) is 12.6 Å². The van der Waals surface area contributed by atoms with Crippen LogP contribution in [0, 0.1) is 0 Å². The first-order valence-electron chi connectivity index (χ1n) is 4.92. The number of nitrogens with zero attached hydrogens (tertiary/aromatic N) is 1. The molecule has 92 valence electrons. The van der Waals surface area contributed by atoms with Gasteiger partial charge in [0, 0.05) is 17.7 Å². The minimum absolute atomic E-state index is 0.0511. The Labute approximate surface area is 101 Å². The van der Waals surface area contributed by atoms with Crippen molar-refractivity contribution in [1.82, 2.24) is 0 Å². The third-order valence-electron chi connectivity index (χ3n) is 2.58. The van der Waals surface area contributed by atoms with E-state index in [0.29, 0.717) is 17.7 Å². The summed E-state index contributed by atoms with van der Waals surface area (Å²) in [6, 6.07) is 2.96. The summed E-state index contributed by atoms with van der Waals surface area (Å²) in [7, 11) is 1.42. The second kappa shape index (κ2) is 4.22. The van der Waals surface area contributed by atoms with Crippen LogP contribution in [0.5, 0.6) is 5.75 Å². The van der Waals surface area contributed by atoms with Crippen LogP contribution in [0.3, 0.4) is 0 Å². The highest BCUT2D eigenvalue weighted by Crippen LogP contribution is 2.36. The van der Waals surface area contributed by atoms with Gasteiger partial charge >= 0.3 is 6.18 Å². The lowest BCUT2D eigenvalue weighted by molar-refractivity contribution is -0.0584. The van der Waals surface area contributed by atoms with Gasteiger partial charge in [-0.1, -0.05) is 11.6 Å². The van der Waals surface area contributed by atoms with E-state index in [1.165, 1.54) is 13.2 Å². The van der Waals surface area contributed by atoms with E-state index in [1.807, 2.05) is 0 Å². The number of halogens is 4. The van der Waals surface area contributed by atoms with Gasteiger partial charge in [0.1, 0.15) is 11.5 Å². The smallest absolute Gasteiger partial charge is 0.433 e. The van der Waals surface area contributed by atoms with Gasteiger partial charge in [0.15, 0.2) is 0 Å². The Hall–Kier alpha value is -1.23. The third kappa shape index (κ3) is 2.11. The van der Waals surface area contributed by atoms with Gasteiger partial charge in [-0.25, -0.2) is 0 Å². The summed E-state index contributed by atoms with van der Waals surface area (Å²) in [5.41, 5.74) is -0.491. The molecule has 1 aromatic rings. The normalized spacial score (nSPS) is 15.2. The molecule has 1 aliphatic rings. The molecule has 0 aromatic heterocycles. The highest BCUT2D eigenvalue weighted by molar-refractivity contribution is 6.35. The van der Waals surface area contributed by atoms with Gasteiger partial charge in [-0.05, 0) is 18.6 Å². The van der Waals surface area contributed by atoms with Crippen LogP contribution in [0.1, 0.15) is 11.1 Å². The summed E-state index contributed by atoms with van der Waals surface area (Å²) in [6.07, 6.45) is -4.09. The van der Waals surface area contributed by atoms with E-state index in [9.17, 15) is 13.2 Å². The lowest BCUT2D eigenvalue weighted by Gasteiger charge is -2.21. The van der Waals surface area contributed by atoms with E-state index in [0.717, 1.165) is 0 Å². The van der Waals surface area contributed by atoms with Crippen LogP contribution in [-0.2, 0) is 6.42 Å². The third-order valence-corrected chi connectivity index (χ3v) is 2.89. The molecule has 0 spiro atoms. The molecule has 1 aliphatic heterocycles. The van der Waals surface area contributed by atoms with Crippen molar-refractivity contribution in [2.24, 2.45) is 4.99 Å². The van der Waals surface area contributed by atoms with Crippen molar-refractivity contribution in [3.63, 3.8) is 0 Å². The first-order valence-corrected chi connectivity index (χ1v) is 5.30. The Morgan fingerprint density at radius 3 is 2.65 bits per heavy atom. The fraction of sp³-hybridized carbons (Fsp3) is 0.364. The van der Waals surface area contributed by atoms with Gasteiger partial charge in [0.25, 0.3) is 0 Å². The van der Waals surface area contributed by atoms with Gasteiger partial charge in [0.2, 0.25) is 0 Å². The minimum atomic E-state index is -4.49. The standard InChI is InChI=1S/C11H9ClF3NO/c1-17-8-3-2-7(12)9-6(8)4-5-16-10(9)11(13,14)15/h2-3H,4-5H2,1H3. The molecule has 0 fully saturated rings. The van der Waals surface area contributed by atoms with Crippen molar-refractivity contribution in [2.75, 3.05) is 13.7 Å². The second-order valence-corrected chi connectivity index (χ2v) is 3.99. The van der Waals surface area contributed by atoms with E-state index in [-0.39, 0.29) is 17.1 Å². The Morgan fingerprint density at radius 2 is 2.06 bits per heavy atom. The van der Waals surface area contributed by atoms with E-state index >= 15 is 0 Å².